The molecule has 2 aromatic carbocycles. The van der Waals surface area contributed by atoms with Crippen LogP contribution in [0.15, 0.2) is 54.7 Å². The fourth-order valence-electron chi connectivity index (χ4n) is 2.76. The molecule has 0 spiro atoms. The van der Waals surface area contributed by atoms with Gasteiger partial charge in [0.25, 0.3) is 0 Å². The van der Waals surface area contributed by atoms with E-state index in [4.69, 9.17) is 11.6 Å². The minimum Gasteiger partial charge on any atom is -0.300 e. The van der Waals surface area contributed by atoms with Crippen molar-refractivity contribution in [1.82, 2.24) is 4.98 Å². The lowest BCUT2D eigenvalue weighted by atomic mass is 10.1. The monoisotopic (exact) mass is 449 g/mol. The molecule has 0 aliphatic heterocycles. The van der Waals surface area contributed by atoms with Gasteiger partial charge in [0.05, 0.1) is 11.9 Å². The van der Waals surface area contributed by atoms with Gasteiger partial charge in [0, 0.05) is 22.5 Å². The molecule has 0 radical (unpaired) electrons. The van der Waals surface area contributed by atoms with Crippen LogP contribution in [-0.2, 0) is 21.2 Å². The molecular weight excluding hydrogens is 430 g/mol. The SMILES string of the molecule is Cc1ccccc1N(CC(=O)Nc1ncc(Cc2ccc(Cl)cc2)s1)S(C)(=O)=O. The summed E-state index contributed by atoms with van der Waals surface area (Å²) in [7, 11) is -3.62. The van der Waals surface area contributed by atoms with E-state index >= 15 is 0 Å². The van der Waals surface area contributed by atoms with E-state index in [2.05, 4.69) is 10.3 Å². The zero-order valence-electron chi connectivity index (χ0n) is 15.9. The van der Waals surface area contributed by atoms with E-state index in [1.54, 1.807) is 31.3 Å². The maximum Gasteiger partial charge on any atom is 0.246 e. The number of sulfonamides is 1. The summed E-state index contributed by atoms with van der Waals surface area (Å²) >= 11 is 7.25. The van der Waals surface area contributed by atoms with Crippen molar-refractivity contribution in [1.29, 1.82) is 0 Å². The van der Waals surface area contributed by atoms with Crippen molar-refractivity contribution in [2.45, 2.75) is 13.3 Å². The normalized spacial score (nSPS) is 11.3. The number of aromatic nitrogens is 1. The Bertz CT molecular complexity index is 1110. The molecule has 3 rings (SSSR count). The Balaban J connectivity index is 1.69. The van der Waals surface area contributed by atoms with Gasteiger partial charge in [-0.3, -0.25) is 9.10 Å². The van der Waals surface area contributed by atoms with Crippen molar-refractivity contribution in [3.63, 3.8) is 0 Å². The number of halogens is 1. The lowest BCUT2D eigenvalue weighted by molar-refractivity contribution is -0.114. The molecule has 1 N–H and O–H groups in total. The number of amides is 1. The number of thiazole rings is 1. The number of nitrogens with zero attached hydrogens (tertiary/aromatic N) is 2. The van der Waals surface area contributed by atoms with Crippen LogP contribution in [0.3, 0.4) is 0 Å². The number of para-hydroxylation sites is 1. The van der Waals surface area contributed by atoms with E-state index in [0.717, 1.165) is 26.6 Å². The smallest absolute Gasteiger partial charge is 0.246 e. The number of aryl methyl sites for hydroxylation is 1. The molecule has 29 heavy (non-hydrogen) atoms. The first kappa shape index (κ1) is 21.3. The molecule has 3 aromatic rings. The van der Waals surface area contributed by atoms with Crippen molar-refractivity contribution in [3.05, 3.63) is 75.8 Å². The second-order valence-corrected chi connectivity index (χ2v) is 10.00. The van der Waals surface area contributed by atoms with Crippen molar-refractivity contribution in [2.75, 3.05) is 22.4 Å². The number of nitrogens with one attached hydrogen (secondary N) is 1. The second-order valence-electron chi connectivity index (χ2n) is 6.54. The number of carbonyl (C=O) groups excluding carboxylic acids is 1. The van der Waals surface area contributed by atoms with Gasteiger partial charge in [0.15, 0.2) is 5.13 Å². The van der Waals surface area contributed by atoms with Crippen LogP contribution in [0.5, 0.6) is 0 Å². The van der Waals surface area contributed by atoms with Crippen molar-refractivity contribution >= 4 is 49.7 Å². The molecule has 0 atom stereocenters. The van der Waals surface area contributed by atoms with E-state index in [0.29, 0.717) is 22.3 Å². The first-order valence-electron chi connectivity index (χ1n) is 8.75. The Morgan fingerprint density at radius 3 is 2.52 bits per heavy atom. The zero-order valence-corrected chi connectivity index (χ0v) is 18.3. The number of anilines is 2. The molecule has 0 unspecified atom stereocenters. The summed E-state index contributed by atoms with van der Waals surface area (Å²) < 4.78 is 25.6. The predicted molar refractivity (Wildman–Crippen MR) is 118 cm³/mol. The molecule has 0 bridgehead atoms. The van der Waals surface area contributed by atoms with Gasteiger partial charge >= 0.3 is 0 Å². The molecule has 6 nitrogen and oxygen atoms in total. The molecule has 0 saturated carbocycles. The average molecular weight is 450 g/mol. The summed E-state index contributed by atoms with van der Waals surface area (Å²) in [6.07, 6.45) is 3.45. The van der Waals surface area contributed by atoms with Crippen LogP contribution in [0.2, 0.25) is 5.02 Å². The van der Waals surface area contributed by atoms with Gasteiger partial charge < -0.3 is 5.32 Å². The molecule has 1 amide bonds. The van der Waals surface area contributed by atoms with E-state index in [1.165, 1.54) is 11.3 Å². The topological polar surface area (TPSA) is 79.4 Å². The Kier molecular flexibility index (Phi) is 6.56. The van der Waals surface area contributed by atoms with Gasteiger partial charge in [-0.15, -0.1) is 11.3 Å². The maximum atomic E-state index is 12.5. The van der Waals surface area contributed by atoms with Crippen molar-refractivity contribution in [3.8, 4) is 0 Å². The molecule has 0 fully saturated rings. The minimum absolute atomic E-state index is 0.324. The standard InChI is InChI=1S/C20H20ClN3O3S2/c1-14-5-3-4-6-18(14)24(29(2,26)27)13-19(25)23-20-22-12-17(28-20)11-15-7-9-16(21)10-8-15/h3-10,12H,11,13H2,1-2H3,(H,22,23,25). The Labute approximate surface area is 179 Å². The number of hydrogen-bond acceptors (Lipinski definition) is 5. The highest BCUT2D eigenvalue weighted by molar-refractivity contribution is 7.92. The summed E-state index contributed by atoms with van der Waals surface area (Å²) in [5, 5.41) is 3.79. The van der Waals surface area contributed by atoms with Gasteiger partial charge in [-0.05, 0) is 36.2 Å². The average Bonchev–Trinajstić information content (AvgIpc) is 3.08. The first-order valence-corrected chi connectivity index (χ1v) is 11.8. The van der Waals surface area contributed by atoms with Crippen LogP contribution < -0.4 is 9.62 Å². The van der Waals surface area contributed by atoms with Crippen LogP contribution in [0, 0.1) is 6.92 Å². The Morgan fingerprint density at radius 1 is 1.17 bits per heavy atom. The Morgan fingerprint density at radius 2 is 1.86 bits per heavy atom. The third-order valence-corrected chi connectivity index (χ3v) is 6.45. The first-order chi connectivity index (χ1) is 13.7. The second kappa shape index (κ2) is 8.94. The number of benzene rings is 2. The van der Waals surface area contributed by atoms with Gasteiger partial charge in [0.1, 0.15) is 6.54 Å². The fraction of sp³-hybridized carbons (Fsp3) is 0.200. The van der Waals surface area contributed by atoms with Crippen LogP contribution in [0.4, 0.5) is 10.8 Å². The minimum atomic E-state index is -3.62. The van der Waals surface area contributed by atoms with Crippen molar-refractivity contribution < 1.29 is 13.2 Å². The fourth-order valence-corrected chi connectivity index (χ4v) is 4.67. The molecule has 0 saturated heterocycles. The van der Waals surface area contributed by atoms with Crippen LogP contribution in [0.25, 0.3) is 0 Å². The molecule has 0 aliphatic carbocycles. The largest absolute Gasteiger partial charge is 0.300 e. The van der Waals surface area contributed by atoms with E-state index < -0.39 is 15.9 Å². The van der Waals surface area contributed by atoms with Crippen LogP contribution >= 0.6 is 22.9 Å². The lowest BCUT2D eigenvalue weighted by Crippen LogP contribution is -2.37. The molecular formula is C20H20ClN3O3S2. The highest BCUT2D eigenvalue weighted by Gasteiger charge is 2.22. The molecule has 0 aliphatic rings. The number of carbonyl (C=O) groups is 1. The number of hydrogen-bond donors (Lipinski definition) is 1. The van der Waals surface area contributed by atoms with Gasteiger partial charge in [0.2, 0.25) is 15.9 Å². The molecule has 9 heteroatoms. The van der Waals surface area contributed by atoms with Crippen LogP contribution in [-0.4, -0.2) is 32.1 Å². The summed E-state index contributed by atoms with van der Waals surface area (Å²) in [6, 6.07) is 14.6. The summed E-state index contributed by atoms with van der Waals surface area (Å²) in [5.74, 6) is -0.453. The number of rotatable bonds is 7. The molecule has 1 heterocycles. The Hall–Kier alpha value is -2.42. The van der Waals surface area contributed by atoms with Crippen LogP contribution in [0.1, 0.15) is 16.0 Å². The highest BCUT2D eigenvalue weighted by atomic mass is 35.5. The highest BCUT2D eigenvalue weighted by Crippen LogP contribution is 2.24. The predicted octanol–water partition coefficient (Wildman–Crippen LogP) is 4.10. The molecule has 1 aromatic heterocycles. The zero-order chi connectivity index (χ0) is 21.0. The summed E-state index contributed by atoms with van der Waals surface area (Å²) in [5.41, 5.74) is 2.33. The van der Waals surface area contributed by atoms with E-state index in [1.807, 2.05) is 30.3 Å². The summed E-state index contributed by atoms with van der Waals surface area (Å²) in [4.78, 5) is 17.7. The third kappa shape index (κ3) is 5.79. The van der Waals surface area contributed by atoms with Gasteiger partial charge in [-0.1, -0.05) is 41.9 Å². The van der Waals surface area contributed by atoms with Gasteiger partial charge in [-0.2, -0.15) is 0 Å². The lowest BCUT2D eigenvalue weighted by Gasteiger charge is -2.23. The van der Waals surface area contributed by atoms with Crippen molar-refractivity contribution in [2.24, 2.45) is 0 Å². The van der Waals surface area contributed by atoms with Gasteiger partial charge in [-0.25, -0.2) is 13.4 Å². The summed E-state index contributed by atoms with van der Waals surface area (Å²) in [6.45, 7) is 1.48. The third-order valence-electron chi connectivity index (χ3n) is 4.16. The quantitative estimate of drug-likeness (QED) is 0.588. The maximum absolute atomic E-state index is 12.5. The van der Waals surface area contributed by atoms with E-state index in [9.17, 15) is 13.2 Å². The van der Waals surface area contributed by atoms with E-state index in [-0.39, 0.29) is 6.54 Å². The molecule has 152 valence electrons.